The summed E-state index contributed by atoms with van der Waals surface area (Å²) in [6.07, 6.45) is 0.705. The fraction of sp³-hybridized carbons (Fsp3) is 0.360. The molecule has 1 aliphatic rings. The van der Waals surface area contributed by atoms with E-state index in [1.54, 1.807) is 21.0 Å². The van der Waals surface area contributed by atoms with Gasteiger partial charge in [0.1, 0.15) is 5.75 Å². The van der Waals surface area contributed by atoms with Crippen molar-refractivity contribution in [3.63, 3.8) is 0 Å². The molecule has 7 nitrogen and oxygen atoms in total. The lowest BCUT2D eigenvalue weighted by atomic mass is 9.81. The van der Waals surface area contributed by atoms with Crippen molar-refractivity contribution in [3.8, 4) is 5.75 Å². The van der Waals surface area contributed by atoms with Crippen LogP contribution in [-0.4, -0.2) is 42.8 Å². The fourth-order valence-electron chi connectivity index (χ4n) is 4.41. The summed E-state index contributed by atoms with van der Waals surface area (Å²) in [5, 5.41) is 4.23. The first-order chi connectivity index (χ1) is 15.5. The van der Waals surface area contributed by atoms with E-state index in [1.165, 1.54) is 0 Å². The van der Waals surface area contributed by atoms with Crippen LogP contribution >= 0.6 is 0 Å². The minimum absolute atomic E-state index is 0.123. The molecule has 2 N–H and O–H groups in total. The molecule has 0 unspecified atom stereocenters. The first kappa shape index (κ1) is 21.9. The Morgan fingerprint density at radius 3 is 2.34 bits per heavy atom. The van der Waals surface area contributed by atoms with E-state index in [1.807, 2.05) is 48.5 Å². The van der Waals surface area contributed by atoms with Gasteiger partial charge in [0.05, 0.1) is 26.4 Å². The highest BCUT2D eigenvalue weighted by molar-refractivity contribution is 6.06. The quantitative estimate of drug-likeness (QED) is 0.435. The van der Waals surface area contributed by atoms with Gasteiger partial charge in [-0.05, 0) is 49.6 Å². The number of esters is 2. The number of aromatic nitrogens is 1. The minimum atomic E-state index is -1.63. The third-order valence-electron chi connectivity index (χ3n) is 5.89. The lowest BCUT2D eigenvalue weighted by Crippen LogP contribution is -2.64. The van der Waals surface area contributed by atoms with Crippen molar-refractivity contribution in [1.82, 2.24) is 10.3 Å². The Labute approximate surface area is 187 Å². The number of methoxy groups -OCH3 is 1. The first-order valence-corrected chi connectivity index (χ1v) is 10.9. The van der Waals surface area contributed by atoms with Crippen molar-refractivity contribution in [2.75, 3.05) is 20.3 Å². The second-order valence-corrected chi connectivity index (χ2v) is 7.84. The Morgan fingerprint density at radius 2 is 1.72 bits per heavy atom. The van der Waals surface area contributed by atoms with Crippen LogP contribution in [0.3, 0.4) is 0 Å². The Hall–Kier alpha value is -3.32. The molecule has 1 atom stereocenters. The SMILES string of the molecule is CCOC(=O)C1(C(=O)OCC)Cc2c([nH]c3ccc(OC)cc23)[C@@H](Cc2ccccc2)N1. The van der Waals surface area contributed by atoms with Gasteiger partial charge in [0.2, 0.25) is 5.54 Å². The molecule has 0 amide bonds. The number of fused-ring (bicyclic) bond motifs is 3. The molecule has 1 aliphatic heterocycles. The average molecular weight is 437 g/mol. The van der Waals surface area contributed by atoms with Crippen molar-refractivity contribution < 1.29 is 23.8 Å². The normalized spacial score (nSPS) is 16.9. The lowest BCUT2D eigenvalue weighted by Gasteiger charge is -2.38. The zero-order valence-corrected chi connectivity index (χ0v) is 18.6. The number of carbonyl (C=O) groups is 2. The maximum absolute atomic E-state index is 13.2. The van der Waals surface area contributed by atoms with Gasteiger partial charge in [-0.15, -0.1) is 0 Å². The number of carbonyl (C=O) groups excluding carboxylic acids is 2. The summed E-state index contributed by atoms with van der Waals surface area (Å²) >= 11 is 0. The molecule has 0 spiro atoms. The van der Waals surface area contributed by atoms with Crippen molar-refractivity contribution >= 4 is 22.8 Å². The van der Waals surface area contributed by atoms with Crippen molar-refractivity contribution in [3.05, 3.63) is 65.4 Å². The Kier molecular flexibility index (Phi) is 6.19. The second-order valence-electron chi connectivity index (χ2n) is 7.84. The summed E-state index contributed by atoms with van der Waals surface area (Å²) in [4.78, 5) is 29.9. The number of hydrogen-bond donors (Lipinski definition) is 2. The highest BCUT2D eigenvalue weighted by Gasteiger charge is 2.54. The zero-order chi connectivity index (χ0) is 22.7. The molecule has 0 radical (unpaired) electrons. The summed E-state index contributed by atoms with van der Waals surface area (Å²) in [5.74, 6) is -0.547. The Bertz CT molecular complexity index is 1100. The number of rotatable bonds is 7. The van der Waals surface area contributed by atoms with Crippen LogP contribution < -0.4 is 10.1 Å². The van der Waals surface area contributed by atoms with Gasteiger partial charge < -0.3 is 19.2 Å². The standard InChI is InChI=1S/C25H28N2O5/c1-4-31-23(28)25(24(29)32-5-2)15-19-18-14-17(30-3)11-12-20(18)26-22(19)21(27-25)13-16-9-7-6-8-10-16/h6-12,14,21,26-27H,4-5,13,15H2,1-3H3/t21-/m1/s1. The molecule has 1 aromatic heterocycles. The molecule has 0 saturated carbocycles. The van der Waals surface area contributed by atoms with Crippen LogP contribution in [0.2, 0.25) is 0 Å². The first-order valence-electron chi connectivity index (χ1n) is 10.9. The van der Waals surface area contributed by atoms with E-state index in [-0.39, 0.29) is 25.7 Å². The molecule has 0 saturated heterocycles. The molecule has 4 rings (SSSR count). The Morgan fingerprint density at radius 1 is 1.03 bits per heavy atom. The van der Waals surface area contributed by atoms with Crippen molar-refractivity contribution in [2.45, 2.75) is 38.3 Å². The number of H-pyrrole nitrogens is 1. The number of benzene rings is 2. The van der Waals surface area contributed by atoms with E-state index < -0.39 is 17.5 Å². The van der Waals surface area contributed by atoms with Gasteiger partial charge >= 0.3 is 11.9 Å². The van der Waals surface area contributed by atoms with Gasteiger partial charge in [-0.25, -0.2) is 9.59 Å². The zero-order valence-electron chi connectivity index (χ0n) is 18.6. The van der Waals surface area contributed by atoms with Gasteiger partial charge in [0.15, 0.2) is 0 Å². The number of ether oxygens (including phenoxy) is 3. The van der Waals surface area contributed by atoms with E-state index in [0.717, 1.165) is 27.7 Å². The summed E-state index contributed by atoms with van der Waals surface area (Å²) in [7, 11) is 1.61. The molecule has 0 aliphatic carbocycles. The molecule has 168 valence electrons. The molecule has 7 heteroatoms. The Balaban J connectivity index is 1.88. The summed E-state index contributed by atoms with van der Waals surface area (Å²) in [6, 6.07) is 15.4. The molecule has 3 aromatic rings. The van der Waals surface area contributed by atoms with E-state index >= 15 is 0 Å². The van der Waals surface area contributed by atoms with Crippen LogP contribution in [0.5, 0.6) is 5.75 Å². The second kappa shape index (κ2) is 9.04. The monoisotopic (exact) mass is 436 g/mol. The average Bonchev–Trinajstić information content (AvgIpc) is 3.17. The van der Waals surface area contributed by atoms with Gasteiger partial charge in [0, 0.05) is 23.0 Å². The predicted octanol–water partition coefficient (Wildman–Crippen LogP) is 3.47. The highest BCUT2D eigenvalue weighted by Crippen LogP contribution is 2.39. The number of nitrogens with one attached hydrogen (secondary N) is 2. The molecular formula is C25H28N2O5. The fourth-order valence-corrected chi connectivity index (χ4v) is 4.41. The predicted molar refractivity (Wildman–Crippen MR) is 121 cm³/mol. The summed E-state index contributed by atoms with van der Waals surface area (Å²) in [6.45, 7) is 3.78. The van der Waals surface area contributed by atoms with E-state index in [2.05, 4.69) is 10.3 Å². The summed E-state index contributed by atoms with van der Waals surface area (Å²) < 4.78 is 16.1. The van der Waals surface area contributed by atoms with Crippen molar-refractivity contribution in [1.29, 1.82) is 0 Å². The van der Waals surface area contributed by atoms with Crippen LogP contribution in [0.25, 0.3) is 10.9 Å². The highest BCUT2D eigenvalue weighted by atomic mass is 16.6. The largest absolute Gasteiger partial charge is 0.497 e. The van der Waals surface area contributed by atoms with Crippen LogP contribution in [0.15, 0.2) is 48.5 Å². The smallest absolute Gasteiger partial charge is 0.338 e. The molecular weight excluding hydrogens is 408 g/mol. The van der Waals surface area contributed by atoms with Gasteiger partial charge in [0.25, 0.3) is 0 Å². The summed E-state index contributed by atoms with van der Waals surface area (Å²) in [5.41, 5.74) is 2.20. The van der Waals surface area contributed by atoms with E-state index in [4.69, 9.17) is 14.2 Å². The lowest BCUT2D eigenvalue weighted by molar-refractivity contribution is -0.167. The van der Waals surface area contributed by atoms with Gasteiger partial charge in [-0.2, -0.15) is 0 Å². The molecule has 2 aromatic carbocycles. The van der Waals surface area contributed by atoms with Gasteiger partial charge in [-0.3, -0.25) is 5.32 Å². The third kappa shape index (κ3) is 3.84. The van der Waals surface area contributed by atoms with Crippen molar-refractivity contribution in [2.24, 2.45) is 0 Å². The third-order valence-corrected chi connectivity index (χ3v) is 5.89. The number of aromatic amines is 1. The molecule has 2 heterocycles. The van der Waals surface area contributed by atoms with E-state index in [0.29, 0.717) is 12.2 Å². The number of hydrogen-bond acceptors (Lipinski definition) is 6. The molecule has 32 heavy (non-hydrogen) atoms. The maximum atomic E-state index is 13.2. The van der Waals surface area contributed by atoms with Crippen LogP contribution in [0, 0.1) is 0 Å². The maximum Gasteiger partial charge on any atom is 0.338 e. The van der Waals surface area contributed by atoms with Crippen LogP contribution in [0.4, 0.5) is 0 Å². The minimum Gasteiger partial charge on any atom is -0.497 e. The molecule has 0 bridgehead atoms. The van der Waals surface area contributed by atoms with Gasteiger partial charge in [-0.1, -0.05) is 30.3 Å². The van der Waals surface area contributed by atoms with Crippen LogP contribution in [-0.2, 0) is 31.9 Å². The topological polar surface area (TPSA) is 89.7 Å². The molecule has 0 fully saturated rings. The van der Waals surface area contributed by atoms with E-state index in [9.17, 15) is 9.59 Å². The van der Waals surface area contributed by atoms with Crippen LogP contribution in [0.1, 0.15) is 36.7 Å².